The van der Waals surface area contributed by atoms with Gasteiger partial charge in [0.25, 0.3) is 0 Å². The predicted molar refractivity (Wildman–Crippen MR) is 63.6 cm³/mol. The molecule has 0 N–H and O–H groups in total. The first kappa shape index (κ1) is 11.7. The zero-order chi connectivity index (χ0) is 11.7. The van der Waals surface area contributed by atoms with Gasteiger partial charge >= 0.3 is 0 Å². The lowest BCUT2D eigenvalue weighted by Crippen LogP contribution is -1.99. The highest BCUT2D eigenvalue weighted by atomic mass is 35.5. The Hall–Kier alpha value is -0.760. The molecule has 88 valence electrons. The highest BCUT2D eigenvalue weighted by molar-refractivity contribution is 6.21. The maximum absolute atomic E-state index is 13.9. The molecule has 1 aromatic rings. The molecule has 2 atom stereocenters. The van der Waals surface area contributed by atoms with E-state index in [9.17, 15) is 4.39 Å². The number of hydrogen-bond acceptors (Lipinski definition) is 1. The van der Waals surface area contributed by atoms with Crippen LogP contribution >= 0.6 is 11.6 Å². The third-order valence-corrected chi connectivity index (χ3v) is 3.69. The minimum absolute atomic E-state index is 0.0999. The molecule has 1 aliphatic carbocycles. The highest BCUT2D eigenvalue weighted by Gasteiger charge is 2.23. The molecule has 1 aromatic carbocycles. The minimum atomic E-state index is -0.186. The summed E-state index contributed by atoms with van der Waals surface area (Å²) in [7, 11) is 1.55. The number of fused-ring (bicyclic) bond motifs is 1. The summed E-state index contributed by atoms with van der Waals surface area (Å²) < 4.78 is 18.9. The second-order valence-corrected chi connectivity index (χ2v) is 5.05. The molecule has 0 radical (unpaired) electrons. The number of benzene rings is 1. The third-order valence-electron chi connectivity index (χ3n) is 3.27. The topological polar surface area (TPSA) is 9.23 Å². The normalized spacial score (nSPS) is 24.8. The van der Waals surface area contributed by atoms with Crippen LogP contribution in [0.2, 0.25) is 0 Å². The van der Waals surface area contributed by atoms with E-state index < -0.39 is 0 Å². The van der Waals surface area contributed by atoms with E-state index in [1.807, 2.05) is 6.07 Å². The van der Waals surface area contributed by atoms with E-state index in [1.165, 1.54) is 6.07 Å². The molecule has 0 amide bonds. The molecule has 0 saturated heterocycles. The summed E-state index contributed by atoms with van der Waals surface area (Å²) in [6.45, 7) is 2.16. The zero-order valence-corrected chi connectivity index (χ0v) is 10.4. The third kappa shape index (κ3) is 2.17. The van der Waals surface area contributed by atoms with Crippen molar-refractivity contribution in [3.63, 3.8) is 0 Å². The smallest absolute Gasteiger partial charge is 0.130 e. The van der Waals surface area contributed by atoms with Crippen molar-refractivity contribution in [1.29, 1.82) is 0 Å². The number of halogens is 2. The maximum Gasteiger partial charge on any atom is 0.130 e. The SMILES string of the molecule is COc1cc(F)c2c(c1)C(Cl)CC(C)CC2. The van der Waals surface area contributed by atoms with Crippen LogP contribution in [0.4, 0.5) is 4.39 Å². The number of ether oxygens (including phenoxy) is 1. The number of methoxy groups -OCH3 is 1. The van der Waals surface area contributed by atoms with Gasteiger partial charge in [-0.25, -0.2) is 4.39 Å². The first-order valence-electron chi connectivity index (χ1n) is 5.62. The van der Waals surface area contributed by atoms with Gasteiger partial charge < -0.3 is 4.74 Å². The molecule has 16 heavy (non-hydrogen) atoms. The lowest BCUT2D eigenvalue weighted by Gasteiger charge is -2.14. The molecule has 0 saturated carbocycles. The fraction of sp³-hybridized carbons (Fsp3) is 0.538. The first-order valence-corrected chi connectivity index (χ1v) is 6.06. The quantitative estimate of drug-likeness (QED) is 0.533. The van der Waals surface area contributed by atoms with Gasteiger partial charge in [0.1, 0.15) is 11.6 Å². The molecule has 0 spiro atoms. The van der Waals surface area contributed by atoms with Gasteiger partial charge in [-0.2, -0.15) is 0 Å². The number of hydrogen-bond donors (Lipinski definition) is 0. The van der Waals surface area contributed by atoms with Crippen molar-refractivity contribution in [2.75, 3.05) is 7.11 Å². The Kier molecular flexibility index (Phi) is 3.38. The van der Waals surface area contributed by atoms with E-state index >= 15 is 0 Å². The Morgan fingerprint density at radius 2 is 2.19 bits per heavy atom. The van der Waals surface area contributed by atoms with Crippen molar-refractivity contribution in [3.8, 4) is 5.75 Å². The maximum atomic E-state index is 13.9. The van der Waals surface area contributed by atoms with Crippen LogP contribution in [0.3, 0.4) is 0 Å². The van der Waals surface area contributed by atoms with Gasteiger partial charge in [0.05, 0.1) is 12.5 Å². The van der Waals surface area contributed by atoms with Gasteiger partial charge in [-0.05, 0) is 42.4 Å². The standard InChI is InChI=1S/C13H16ClFO/c1-8-3-4-10-11(12(14)5-8)6-9(16-2)7-13(10)15/h6-8,12H,3-5H2,1-2H3. The van der Waals surface area contributed by atoms with Crippen LogP contribution in [-0.4, -0.2) is 7.11 Å². The molecule has 1 nitrogen and oxygen atoms in total. The van der Waals surface area contributed by atoms with Gasteiger partial charge in [0.15, 0.2) is 0 Å². The second-order valence-electron chi connectivity index (χ2n) is 4.52. The van der Waals surface area contributed by atoms with Gasteiger partial charge in [-0.1, -0.05) is 6.92 Å². The molecule has 0 aromatic heterocycles. The zero-order valence-electron chi connectivity index (χ0n) is 9.59. The molecule has 0 bridgehead atoms. The molecule has 2 unspecified atom stereocenters. The minimum Gasteiger partial charge on any atom is -0.497 e. The molecular weight excluding hydrogens is 227 g/mol. The summed E-state index contributed by atoms with van der Waals surface area (Å²) in [6, 6.07) is 3.31. The van der Waals surface area contributed by atoms with Gasteiger partial charge in [-0.15, -0.1) is 11.6 Å². The fourth-order valence-corrected chi connectivity index (χ4v) is 2.78. The van der Waals surface area contributed by atoms with E-state index in [0.717, 1.165) is 30.4 Å². The van der Waals surface area contributed by atoms with E-state index in [-0.39, 0.29) is 11.2 Å². The van der Waals surface area contributed by atoms with Crippen LogP contribution in [0, 0.1) is 11.7 Å². The fourth-order valence-electron chi connectivity index (χ4n) is 2.28. The van der Waals surface area contributed by atoms with E-state index in [0.29, 0.717) is 11.7 Å². The lowest BCUT2D eigenvalue weighted by molar-refractivity contribution is 0.410. The van der Waals surface area contributed by atoms with Crippen LogP contribution in [0.15, 0.2) is 12.1 Å². The van der Waals surface area contributed by atoms with Crippen LogP contribution in [-0.2, 0) is 6.42 Å². The first-order chi connectivity index (χ1) is 7.61. The Morgan fingerprint density at radius 3 is 2.88 bits per heavy atom. The lowest BCUT2D eigenvalue weighted by atomic mass is 10.0. The summed E-state index contributed by atoms with van der Waals surface area (Å²) in [6.07, 6.45) is 2.68. The molecule has 2 rings (SSSR count). The van der Waals surface area contributed by atoms with E-state index in [4.69, 9.17) is 16.3 Å². The van der Waals surface area contributed by atoms with Crippen molar-refractivity contribution in [2.45, 2.75) is 31.6 Å². The summed E-state index contributed by atoms with van der Waals surface area (Å²) in [5, 5.41) is -0.0999. The molecule has 3 heteroatoms. The van der Waals surface area contributed by atoms with Crippen molar-refractivity contribution < 1.29 is 9.13 Å². The Balaban J connectivity index is 2.47. The Morgan fingerprint density at radius 1 is 1.44 bits per heavy atom. The van der Waals surface area contributed by atoms with Crippen molar-refractivity contribution >= 4 is 11.6 Å². The van der Waals surface area contributed by atoms with E-state index in [2.05, 4.69) is 6.92 Å². The van der Waals surface area contributed by atoms with Crippen LogP contribution < -0.4 is 4.74 Å². The van der Waals surface area contributed by atoms with E-state index in [1.54, 1.807) is 7.11 Å². The summed E-state index contributed by atoms with van der Waals surface area (Å²) in [4.78, 5) is 0. The average molecular weight is 243 g/mol. The molecule has 0 aliphatic heterocycles. The van der Waals surface area contributed by atoms with Crippen molar-refractivity contribution in [2.24, 2.45) is 5.92 Å². The molecule has 1 aliphatic rings. The van der Waals surface area contributed by atoms with Gasteiger partial charge in [-0.3, -0.25) is 0 Å². The largest absolute Gasteiger partial charge is 0.497 e. The van der Waals surface area contributed by atoms with Gasteiger partial charge in [0.2, 0.25) is 0 Å². The number of alkyl halides is 1. The monoisotopic (exact) mass is 242 g/mol. The van der Waals surface area contributed by atoms with Crippen LogP contribution in [0.1, 0.15) is 36.3 Å². The van der Waals surface area contributed by atoms with Crippen molar-refractivity contribution in [1.82, 2.24) is 0 Å². The molecule has 0 fully saturated rings. The number of rotatable bonds is 1. The van der Waals surface area contributed by atoms with Gasteiger partial charge in [0, 0.05) is 6.07 Å². The highest BCUT2D eigenvalue weighted by Crippen LogP contribution is 2.38. The molecular formula is C13H16ClFO. The van der Waals surface area contributed by atoms with Crippen molar-refractivity contribution in [3.05, 3.63) is 29.1 Å². The Bertz CT molecular complexity index is 392. The summed E-state index contributed by atoms with van der Waals surface area (Å²) in [5.41, 5.74) is 1.67. The van der Waals surface area contributed by atoms with Crippen LogP contribution in [0.25, 0.3) is 0 Å². The molecule has 0 heterocycles. The summed E-state index contributed by atoms with van der Waals surface area (Å²) >= 11 is 6.33. The summed E-state index contributed by atoms with van der Waals surface area (Å²) in [5.74, 6) is 0.908. The predicted octanol–water partition coefficient (Wildman–Crippen LogP) is 4.09. The Labute approximate surface area is 101 Å². The van der Waals surface area contributed by atoms with Crippen LogP contribution in [0.5, 0.6) is 5.75 Å². The average Bonchev–Trinajstić information content (AvgIpc) is 2.39. The second kappa shape index (κ2) is 4.62.